The van der Waals surface area contributed by atoms with Crippen LogP contribution in [-0.2, 0) is 11.3 Å². The van der Waals surface area contributed by atoms with Crippen molar-refractivity contribution in [1.82, 2.24) is 24.8 Å². The number of fused-ring (bicyclic) bond motifs is 1. The van der Waals surface area contributed by atoms with E-state index in [2.05, 4.69) is 49.9 Å². The van der Waals surface area contributed by atoms with Crippen LogP contribution in [0.2, 0.25) is 0 Å². The number of aromatic nitrogens is 3. The summed E-state index contributed by atoms with van der Waals surface area (Å²) in [6, 6.07) is 14.2. The number of nitrogens with zero attached hydrogens (tertiary/aromatic N) is 4. The summed E-state index contributed by atoms with van der Waals surface area (Å²) in [6.45, 7) is 2.59. The quantitative estimate of drug-likeness (QED) is 0.550. The van der Waals surface area contributed by atoms with E-state index in [1.807, 2.05) is 18.2 Å². The normalized spacial score (nSPS) is 17.4. The van der Waals surface area contributed by atoms with Gasteiger partial charge in [-0.2, -0.15) is 4.98 Å². The van der Waals surface area contributed by atoms with Gasteiger partial charge in [-0.1, -0.05) is 30.3 Å². The molecule has 1 saturated carbocycles. The molecule has 0 spiro atoms. The van der Waals surface area contributed by atoms with E-state index >= 15 is 0 Å². The highest BCUT2D eigenvalue weighted by atomic mass is 16.4. The first kappa shape index (κ1) is 20.4. The van der Waals surface area contributed by atoms with Crippen LogP contribution < -0.4 is 10.6 Å². The Hall–Kier alpha value is -3.46. The third-order valence-corrected chi connectivity index (χ3v) is 6.11. The first-order valence-electron chi connectivity index (χ1n) is 11.0. The maximum absolute atomic E-state index is 12.0. The highest BCUT2D eigenvalue weighted by Gasteiger charge is 2.30. The SMILES string of the molecule is O=C(O)NC1CCN(Cc2ccc(-c3cccc4nc(NC(=O)C5CC5)nn34)cc2)CC1. The van der Waals surface area contributed by atoms with Crippen molar-refractivity contribution in [3.05, 3.63) is 48.0 Å². The standard InChI is InChI=1S/C23H26N6O3/c30-21(17-8-9-17)26-22-25-20-3-1-2-19(29(20)27-22)16-6-4-15(5-7-16)14-28-12-10-18(11-13-28)24-23(31)32/h1-7,17-18,24H,8-14H2,(H,31,32)(H,26,27,30). The molecule has 0 radical (unpaired) electrons. The van der Waals surface area contributed by atoms with Gasteiger partial charge in [-0.25, -0.2) is 9.31 Å². The van der Waals surface area contributed by atoms with Gasteiger partial charge in [0.15, 0.2) is 5.65 Å². The number of pyridine rings is 1. The number of carbonyl (C=O) groups excluding carboxylic acids is 1. The van der Waals surface area contributed by atoms with Crippen LogP contribution >= 0.6 is 0 Å². The molecule has 0 bridgehead atoms. The average molecular weight is 435 g/mol. The lowest BCUT2D eigenvalue weighted by Gasteiger charge is -2.31. The van der Waals surface area contributed by atoms with E-state index in [4.69, 9.17) is 5.11 Å². The molecule has 1 aliphatic heterocycles. The van der Waals surface area contributed by atoms with Crippen LogP contribution in [-0.4, -0.2) is 55.7 Å². The minimum Gasteiger partial charge on any atom is -0.465 e. The molecule has 0 unspecified atom stereocenters. The molecular weight excluding hydrogens is 408 g/mol. The summed E-state index contributed by atoms with van der Waals surface area (Å²) in [5, 5.41) is 18.8. The number of anilines is 1. The van der Waals surface area contributed by atoms with Gasteiger partial charge < -0.3 is 10.4 Å². The fourth-order valence-electron chi connectivity index (χ4n) is 4.18. The van der Waals surface area contributed by atoms with Gasteiger partial charge in [0.1, 0.15) is 0 Å². The first-order valence-corrected chi connectivity index (χ1v) is 11.0. The molecule has 1 aliphatic carbocycles. The van der Waals surface area contributed by atoms with Crippen LogP contribution in [0.5, 0.6) is 0 Å². The third-order valence-electron chi connectivity index (χ3n) is 6.11. The number of carboxylic acid groups (broad SMARTS) is 1. The van der Waals surface area contributed by atoms with E-state index in [-0.39, 0.29) is 17.9 Å². The third kappa shape index (κ3) is 4.57. The van der Waals surface area contributed by atoms with Gasteiger partial charge in [0.25, 0.3) is 0 Å². The van der Waals surface area contributed by atoms with E-state index in [9.17, 15) is 9.59 Å². The van der Waals surface area contributed by atoms with Gasteiger partial charge in [0.2, 0.25) is 11.9 Å². The number of hydrogen-bond acceptors (Lipinski definition) is 5. The van der Waals surface area contributed by atoms with Gasteiger partial charge >= 0.3 is 6.09 Å². The zero-order chi connectivity index (χ0) is 22.1. The number of carbonyl (C=O) groups is 2. The molecular formula is C23H26N6O3. The molecule has 9 heteroatoms. The van der Waals surface area contributed by atoms with Gasteiger partial charge in [0.05, 0.1) is 5.69 Å². The van der Waals surface area contributed by atoms with Crippen LogP contribution in [0, 0.1) is 5.92 Å². The van der Waals surface area contributed by atoms with E-state index < -0.39 is 6.09 Å². The molecule has 32 heavy (non-hydrogen) atoms. The Bertz CT molecular complexity index is 1130. The fraction of sp³-hybridized carbons (Fsp3) is 0.391. The molecule has 1 saturated heterocycles. The molecule has 2 aromatic heterocycles. The molecule has 3 heterocycles. The summed E-state index contributed by atoms with van der Waals surface area (Å²) >= 11 is 0. The lowest BCUT2D eigenvalue weighted by atomic mass is 10.0. The Morgan fingerprint density at radius 2 is 1.78 bits per heavy atom. The second-order valence-electron chi connectivity index (χ2n) is 8.58. The Balaban J connectivity index is 1.26. The molecule has 166 valence electrons. The van der Waals surface area contributed by atoms with E-state index in [1.165, 1.54) is 5.56 Å². The first-order chi connectivity index (χ1) is 15.5. The van der Waals surface area contributed by atoms with Crippen molar-refractivity contribution in [2.24, 2.45) is 5.92 Å². The van der Waals surface area contributed by atoms with Crippen molar-refractivity contribution >= 4 is 23.6 Å². The molecule has 2 aliphatic rings. The Morgan fingerprint density at radius 1 is 1.03 bits per heavy atom. The Kier molecular flexibility index (Phi) is 5.48. The predicted octanol–water partition coefficient (Wildman–Crippen LogP) is 2.98. The molecule has 0 atom stereocenters. The van der Waals surface area contributed by atoms with Gasteiger partial charge in [-0.15, -0.1) is 5.10 Å². The van der Waals surface area contributed by atoms with E-state index in [0.29, 0.717) is 11.6 Å². The maximum Gasteiger partial charge on any atom is 0.404 e. The topological polar surface area (TPSA) is 112 Å². The van der Waals surface area contributed by atoms with E-state index in [0.717, 1.165) is 56.6 Å². The molecule has 5 rings (SSSR count). The van der Waals surface area contributed by atoms with Gasteiger partial charge in [-0.05, 0) is 43.4 Å². The molecule has 3 aromatic rings. The lowest BCUT2D eigenvalue weighted by Crippen LogP contribution is -2.43. The average Bonchev–Trinajstić information content (AvgIpc) is 3.55. The largest absolute Gasteiger partial charge is 0.465 e. The highest BCUT2D eigenvalue weighted by molar-refractivity contribution is 5.92. The monoisotopic (exact) mass is 434 g/mol. The molecule has 2 amide bonds. The highest BCUT2D eigenvalue weighted by Crippen LogP contribution is 2.30. The summed E-state index contributed by atoms with van der Waals surface area (Å²) in [7, 11) is 0. The molecule has 1 aromatic carbocycles. The zero-order valence-corrected chi connectivity index (χ0v) is 17.7. The summed E-state index contributed by atoms with van der Waals surface area (Å²) in [4.78, 5) is 29.6. The number of hydrogen-bond donors (Lipinski definition) is 3. The number of benzene rings is 1. The number of rotatable bonds is 6. The Morgan fingerprint density at radius 3 is 2.47 bits per heavy atom. The minimum absolute atomic E-state index is 0.00501. The van der Waals surface area contributed by atoms with Gasteiger partial charge in [0, 0.05) is 37.2 Å². The fourth-order valence-corrected chi connectivity index (χ4v) is 4.18. The van der Waals surface area contributed by atoms with Crippen LogP contribution in [0.25, 0.3) is 16.9 Å². The number of piperidine rings is 1. The number of nitrogens with one attached hydrogen (secondary N) is 2. The van der Waals surface area contributed by atoms with Crippen molar-refractivity contribution in [3.63, 3.8) is 0 Å². The molecule has 9 nitrogen and oxygen atoms in total. The zero-order valence-electron chi connectivity index (χ0n) is 17.7. The van der Waals surface area contributed by atoms with Crippen molar-refractivity contribution < 1.29 is 14.7 Å². The Labute approximate surface area is 185 Å². The van der Waals surface area contributed by atoms with Crippen molar-refractivity contribution in [2.45, 2.75) is 38.3 Å². The van der Waals surface area contributed by atoms with Crippen molar-refractivity contribution in [1.29, 1.82) is 0 Å². The summed E-state index contributed by atoms with van der Waals surface area (Å²) in [5.41, 5.74) is 3.83. The van der Waals surface area contributed by atoms with Crippen molar-refractivity contribution in [2.75, 3.05) is 18.4 Å². The summed E-state index contributed by atoms with van der Waals surface area (Å²) < 4.78 is 1.76. The summed E-state index contributed by atoms with van der Waals surface area (Å²) in [5.74, 6) is 0.439. The molecule has 2 fully saturated rings. The van der Waals surface area contributed by atoms with E-state index in [1.54, 1.807) is 4.52 Å². The number of likely N-dealkylation sites (tertiary alicyclic amines) is 1. The van der Waals surface area contributed by atoms with Crippen LogP contribution in [0.1, 0.15) is 31.2 Å². The maximum atomic E-state index is 12.0. The van der Waals surface area contributed by atoms with Crippen LogP contribution in [0.3, 0.4) is 0 Å². The smallest absolute Gasteiger partial charge is 0.404 e. The lowest BCUT2D eigenvalue weighted by molar-refractivity contribution is -0.117. The number of amides is 2. The summed E-state index contributed by atoms with van der Waals surface area (Å²) in [6.07, 6.45) is 2.59. The molecule has 3 N–H and O–H groups in total. The van der Waals surface area contributed by atoms with Crippen molar-refractivity contribution in [3.8, 4) is 11.3 Å². The second-order valence-corrected chi connectivity index (χ2v) is 8.58. The predicted molar refractivity (Wildman–Crippen MR) is 119 cm³/mol. The minimum atomic E-state index is -0.946. The second kappa shape index (κ2) is 8.58. The van der Waals surface area contributed by atoms with Crippen LogP contribution in [0.4, 0.5) is 10.7 Å². The van der Waals surface area contributed by atoms with Crippen LogP contribution in [0.15, 0.2) is 42.5 Å². The van der Waals surface area contributed by atoms with Gasteiger partial charge in [-0.3, -0.25) is 15.0 Å².